The summed E-state index contributed by atoms with van der Waals surface area (Å²) in [5, 5.41) is 2.77. The largest absolute Gasteiger partial charge is 0.351 e. The lowest BCUT2D eigenvalue weighted by molar-refractivity contribution is 0.0944. The summed E-state index contributed by atoms with van der Waals surface area (Å²) < 4.78 is 0. The first-order chi connectivity index (χ1) is 9.77. The van der Waals surface area contributed by atoms with Gasteiger partial charge in [-0.2, -0.15) is 0 Å². The van der Waals surface area contributed by atoms with Crippen LogP contribution in [-0.2, 0) is 0 Å². The number of amides is 1. The van der Waals surface area contributed by atoms with Crippen LogP contribution in [0.15, 0.2) is 15.8 Å². The van der Waals surface area contributed by atoms with Gasteiger partial charge < -0.3 is 10.3 Å². The lowest BCUT2D eigenvalue weighted by Crippen LogP contribution is -2.40. The Morgan fingerprint density at radius 3 is 2.71 bits per heavy atom. The lowest BCUT2D eigenvalue weighted by Gasteiger charge is -2.31. The lowest BCUT2D eigenvalue weighted by atomic mass is 10.1. The Morgan fingerprint density at radius 2 is 2.14 bits per heavy atom. The molecule has 0 unspecified atom stereocenters. The van der Waals surface area contributed by atoms with Gasteiger partial charge in [0.25, 0.3) is 11.5 Å². The highest BCUT2D eigenvalue weighted by Gasteiger charge is 2.30. The van der Waals surface area contributed by atoms with E-state index in [1.807, 2.05) is 4.98 Å². The number of H-pyrrole nitrogens is 2. The second kappa shape index (κ2) is 5.85. The van der Waals surface area contributed by atoms with Gasteiger partial charge in [-0.15, -0.1) is 0 Å². The highest BCUT2D eigenvalue weighted by molar-refractivity contribution is 5.93. The highest BCUT2D eigenvalue weighted by Crippen LogP contribution is 2.23. The van der Waals surface area contributed by atoms with Gasteiger partial charge in [0.1, 0.15) is 5.56 Å². The molecule has 0 bridgehead atoms. The fourth-order valence-corrected chi connectivity index (χ4v) is 2.52. The number of likely N-dealkylation sites (tertiary alicyclic amines) is 1. The molecule has 2 heterocycles. The van der Waals surface area contributed by atoms with Gasteiger partial charge in [0.15, 0.2) is 0 Å². The number of carbonyl (C=O) groups is 1. The van der Waals surface area contributed by atoms with Crippen molar-refractivity contribution in [3.05, 3.63) is 32.6 Å². The normalized spacial score (nSPS) is 19.7. The smallest absolute Gasteiger partial charge is 0.325 e. The van der Waals surface area contributed by atoms with Gasteiger partial charge >= 0.3 is 5.69 Å². The number of hydrogen-bond acceptors (Lipinski definition) is 4. The Labute approximate surface area is 122 Å². The first-order valence-corrected chi connectivity index (χ1v) is 7.12. The van der Waals surface area contributed by atoms with Gasteiger partial charge in [-0.25, -0.2) is 4.79 Å². The molecule has 7 heteroatoms. The van der Waals surface area contributed by atoms with E-state index < -0.39 is 17.2 Å². The van der Waals surface area contributed by atoms with Crippen molar-refractivity contribution in [2.75, 3.05) is 19.6 Å². The molecule has 0 aromatic carbocycles. The monoisotopic (exact) mass is 294 g/mol. The van der Waals surface area contributed by atoms with E-state index in [0.717, 1.165) is 25.7 Å². The van der Waals surface area contributed by atoms with E-state index in [2.05, 4.69) is 36.0 Å². The van der Waals surface area contributed by atoms with Crippen LogP contribution >= 0.6 is 0 Å². The molecular weight excluding hydrogens is 272 g/mol. The summed E-state index contributed by atoms with van der Waals surface area (Å²) in [6.45, 7) is 9.01. The maximum Gasteiger partial charge on any atom is 0.325 e. The molecule has 21 heavy (non-hydrogen) atoms. The van der Waals surface area contributed by atoms with Gasteiger partial charge in [-0.3, -0.25) is 19.5 Å². The van der Waals surface area contributed by atoms with Crippen LogP contribution in [-0.4, -0.2) is 45.9 Å². The van der Waals surface area contributed by atoms with Crippen LogP contribution in [0.2, 0.25) is 0 Å². The molecule has 116 valence electrons. The number of carbonyl (C=O) groups excluding carboxylic acids is 1. The molecule has 1 aromatic rings. The summed E-state index contributed by atoms with van der Waals surface area (Å²) in [5.41, 5.74) is -1.22. The van der Waals surface area contributed by atoms with Crippen LogP contribution in [0.3, 0.4) is 0 Å². The standard InChI is InChI=1S/C14H22N4O3/c1-14(2,3)18-5-4-9(8-18)6-15-11(19)10-7-16-13(21)17-12(10)20/h7,9H,4-6,8H2,1-3H3,(H,15,19)(H2,16,17,20,21)/t9-/m0/s1. The van der Waals surface area contributed by atoms with E-state index in [-0.39, 0.29) is 11.1 Å². The maximum atomic E-state index is 11.9. The Kier molecular flexibility index (Phi) is 4.32. The third-order valence-corrected chi connectivity index (χ3v) is 3.85. The van der Waals surface area contributed by atoms with E-state index >= 15 is 0 Å². The van der Waals surface area contributed by atoms with E-state index in [4.69, 9.17) is 0 Å². The molecule has 0 saturated carbocycles. The van der Waals surface area contributed by atoms with Crippen molar-refractivity contribution in [3.63, 3.8) is 0 Å². The highest BCUT2D eigenvalue weighted by atomic mass is 16.2. The van der Waals surface area contributed by atoms with Gasteiger partial charge in [0.05, 0.1) is 0 Å². The Hall–Kier alpha value is -1.89. The van der Waals surface area contributed by atoms with E-state index in [1.54, 1.807) is 0 Å². The summed E-state index contributed by atoms with van der Waals surface area (Å²) in [5.74, 6) is -0.0725. The number of rotatable bonds is 3. The van der Waals surface area contributed by atoms with Gasteiger partial charge in [-0.1, -0.05) is 0 Å². The predicted octanol–water partition coefficient (Wildman–Crippen LogP) is -0.0866. The van der Waals surface area contributed by atoms with Crippen molar-refractivity contribution in [2.24, 2.45) is 5.92 Å². The fraction of sp³-hybridized carbons (Fsp3) is 0.643. The number of nitrogens with zero attached hydrogens (tertiary/aromatic N) is 1. The molecule has 1 aromatic heterocycles. The van der Waals surface area contributed by atoms with Crippen LogP contribution in [0.25, 0.3) is 0 Å². The molecule has 1 aliphatic rings. The zero-order valence-corrected chi connectivity index (χ0v) is 12.7. The minimum absolute atomic E-state index is 0.0692. The van der Waals surface area contributed by atoms with Crippen LogP contribution in [0.4, 0.5) is 0 Å². The van der Waals surface area contributed by atoms with Crippen molar-refractivity contribution in [1.29, 1.82) is 0 Å². The minimum Gasteiger partial charge on any atom is -0.351 e. The van der Waals surface area contributed by atoms with Crippen molar-refractivity contribution in [1.82, 2.24) is 20.2 Å². The number of aromatic nitrogens is 2. The van der Waals surface area contributed by atoms with E-state index in [9.17, 15) is 14.4 Å². The molecule has 1 amide bonds. The summed E-state index contributed by atoms with van der Waals surface area (Å²) in [6, 6.07) is 0. The van der Waals surface area contributed by atoms with Crippen molar-refractivity contribution >= 4 is 5.91 Å². The van der Waals surface area contributed by atoms with Crippen molar-refractivity contribution in [2.45, 2.75) is 32.7 Å². The predicted molar refractivity (Wildman–Crippen MR) is 79.4 cm³/mol. The Bertz CT molecular complexity index is 626. The molecule has 0 spiro atoms. The minimum atomic E-state index is -0.668. The van der Waals surface area contributed by atoms with Crippen LogP contribution < -0.4 is 16.6 Å². The van der Waals surface area contributed by atoms with Crippen LogP contribution in [0, 0.1) is 5.92 Å². The second-order valence-electron chi connectivity index (χ2n) is 6.47. The third-order valence-electron chi connectivity index (χ3n) is 3.85. The van der Waals surface area contributed by atoms with Gasteiger partial charge in [0, 0.05) is 24.8 Å². The van der Waals surface area contributed by atoms with Crippen LogP contribution in [0.1, 0.15) is 37.6 Å². The number of nitrogens with one attached hydrogen (secondary N) is 3. The first kappa shape index (κ1) is 15.5. The number of hydrogen-bond donors (Lipinski definition) is 3. The first-order valence-electron chi connectivity index (χ1n) is 7.12. The Balaban J connectivity index is 1.91. The van der Waals surface area contributed by atoms with Crippen molar-refractivity contribution < 1.29 is 4.79 Å². The summed E-state index contributed by atoms with van der Waals surface area (Å²) in [4.78, 5) is 41.1. The molecular formula is C14H22N4O3. The zero-order valence-electron chi connectivity index (χ0n) is 12.7. The molecule has 1 saturated heterocycles. The topological polar surface area (TPSA) is 98.1 Å². The maximum absolute atomic E-state index is 11.9. The molecule has 1 fully saturated rings. The molecule has 3 N–H and O–H groups in total. The molecule has 0 radical (unpaired) electrons. The van der Waals surface area contributed by atoms with E-state index in [1.165, 1.54) is 0 Å². The van der Waals surface area contributed by atoms with Crippen molar-refractivity contribution in [3.8, 4) is 0 Å². The molecule has 7 nitrogen and oxygen atoms in total. The average Bonchev–Trinajstić information content (AvgIpc) is 2.84. The quantitative estimate of drug-likeness (QED) is 0.726. The summed E-state index contributed by atoms with van der Waals surface area (Å²) in [6.07, 6.45) is 2.17. The van der Waals surface area contributed by atoms with Gasteiger partial charge in [-0.05, 0) is 39.7 Å². The summed E-state index contributed by atoms with van der Waals surface area (Å²) in [7, 11) is 0. The van der Waals surface area contributed by atoms with Crippen LogP contribution in [0.5, 0.6) is 0 Å². The van der Waals surface area contributed by atoms with E-state index in [0.29, 0.717) is 12.5 Å². The third kappa shape index (κ3) is 3.81. The Morgan fingerprint density at radius 1 is 1.43 bits per heavy atom. The molecule has 0 aliphatic carbocycles. The second-order valence-corrected chi connectivity index (χ2v) is 6.47. The summed E-state index contributed by atoms with van der Waals surface area (Å²) >= 11 is 0. The number of aromatic amines is 2. The SMILES string of the molecule is CC(C)(C)N1CC[C@@H](CNC(=O)c2c[nH]c(=O)[nH]c2=O)C1. The average molecular weight is 294 g/mol. The molecule has 1 aliphatic heterocycles. The van der Waals surface area contributed by atoms with Gasteiger partial charge in [0.2, 0.25) is 0 Å². The fourth-order valence-electron chi connectivity index (χ4n) is 2.52. The molecule has 2 rings (SSSR count). The zero-order chi connectivity index (χ0) is 15.6. The molecule has 1 atom stereocenters.